The monoisotopic (exact) mass is 404 g/mol. The number of piperazine rings is 1. The third-order valence-corrected chi connectivity index (χ3v) is 5.49. The maximum absolute atomic E-state index is 5.99. The van der Waals surface area contributed by atoms with Crippen molar-refractivity contribution in [2.24, 2.45) is 0 Å². The van der Waals surface area contributed by atoms with Crippen LogP contribution in [0.25, 0.3) is 0 Å². The van der Waals surface area contributed by atoms with E-state index in [1.165, 1.54) is 5.69 Å². The van der Waals surface area contributed by atoms with Gasteiger partial charge in [0.05, 0.1) is 12.2 Å². The number of rotatable bonds is 9. The van der Waals surface area contributed by atoms with Crippen LogP contribution in [0.4, 0.5) is 5.69 Å². The Bertz CT molecular complexity index is 721. The molecule has 1 aromatic heterocycles. The van der Waals surface area contributed by atoms with E-state index >= 15 is 0 Å². The van der Waals surface area contributed by atoms with Gasteiger partial charge in [-0.05, 0) is 36.6 Å². The highest BCUT2D eigenvalue weighted by molar-refractivity contribution is 6.30. The van der Waals surface area contributed by atoms with E-state index in [2.05, 4.69) is 48.0 Å². The summed E-state index contributed by atoms with van der Waals surface area (Å²) in [6, 6.07) is 8.14. The first kappa shape index (κ1) is 21.2. The van der Waals surface area contributed by atoms with Crippen LogP contribution in [-0.2, 0) is 13.0 Å². The summed E-state index contributed by atoms with van der Waals surface area (Å²) in [4.78, 5) is 9.64. The second-order valence-corrected chi connectivity index (χ2v) is 8.24. The summed E-state index contributed by atoms with van der Waals surface area (Å²) >= 11 is 5.99. The van der Waals surface area contributed by atoms with Crippen molar-refractivity contribution in [3.05, 3.63) is 46.6 Å². The van der Waals surface area contributed by atoms with Crippen LogP contribution in [0.3, 0.4) is 0 Å². The number of nitrogens with one attached hydrogen (secondary N) is 1. The molecule has 2 heterocycles. The van der Waals surface area contributed by atoms with E-state index in [4.69, 9.17) is 21.0 Å². The molecule has 28 heavy (non-hydrogen) atoms. The first-order valence-corrected chi connectivity index (χ1v) is 10.9. The molecule has 5 nitrogen and oxygen atoms in total. The molecule has 1 aliphatic rings. The predicted octanol–water partition coefficient (Wildman–Crippen LogP) is 4.32. The molecular weight excluding hydrogens is 372 g/mol. The molecule has 1 fully saturated rings. The minimum absolute atomic E-state index is 0.413. The molecule has 0 aliphatic carbocycles. The van der Waals surface area contributed by atoms with E-state index in [9.17, 15) is 0 Å². The molecule has 0 bridgehead atoms. The molecule has 0 spiro atoms. The maximum atomic E-state index is 5.99. The highest BCUT2D eigenvalue weighted by Gasteiger charge is 2.17. The molecule has 1 saturated heterocycles. The highest BCUT2D eigenvalue weighted by atomic mass is 35.5. The van der Waals surface area contributed by atoms with Gasteiger partial charge in [0.2, 0.25) is 5.89 Å². The molecule has 0 amide bonds. The Morgan fingerprint density at radius 3 is 2.50 bits per heavy atom. The van der Waals surface area contributed by atoms with E-state index in [0.717, 1.165) is 74.5 Å². The molecule has 3 rings (SSSR count). The van der Waals surface area contributed by atoms with Gasteiger partial charge in [0.15, 0.2) is 0 Å². The predicted molar refractivity (Wildman–Crippen MR) is 116 cm³/mol. The van der Waals surface area contributed by atoms with Gasteiger partial charge < -0.3 is 14.6 Å². The Hall–Kier alpha value is -1.56. The average Bonchev–Trinajstić information content (AvgIpc) is 3.10. The van der Waals surface area contributed by atoms with Crippen LogP contribution in [0.5, 0.6) is 0 Å². The highest BCUT2D eigenvalue weighted by Crippen LogP contribution is 2.21. The van der Waals surface area contributed by atoms with E-state index in [0.29, 0.717) is 12.5 Å². The lowest BCUT2D eigenvalue weighted by molar-refractivity contribution is 0.256. The first-order valence-electron chi connectivity index (χ1n) is 10.5. The van der Waals surface area contributed by atoms with Crippen molar-refractivity contribution in [1.82, 2.24) is 15.2 Å². The summed E-state index contributed by atoms with van der Waals surface area (Å²) in [5, 5.41) is 4.29. The zero-order chi connectivity index (χ0) is 19.9. The maximum Gasteiger partial charge on any atom is 0.208 e. The molecule has 1 N–H and O–H groups in total. The van der Waals surface area contributed by atoms with E-state index in [-0.39, 0.29) is 0 Å². The second kappa shape index (κ2) is 10.3. The van der Waals surface area contributed by atoms with E-state index in [1.807, 2.05) is 12.1 Å². The lowest BCUT2D eigenvalue weighted by Gasteiger charge is -2.36. The molecule has 154 valence electrons. The van der Waals surface area contributed by atoms with Crippen molar-refractivity contribution in [2.75, 3.05) is 44.2 Å². The number of benzene rings is 1. The minimum Gasteiger partial charge on any atom is -0.444 e. The van der Waals surface area contributed by atoms with Crippen molar-refractivity contribution in [2.45, 2.75) is 46.1 Å². The van der Waals surface area contributed by atoms with Crippen LogP contribution in [-0.4, -0.2) is 49.2 Å². The standard InChI is InChI=1S/C22H33ClN4O/c1-4-5-20-22(17(2)3)25-21(28-20)16-24-10-11-26-12-14-27(15-13-26)19-8-6-18(23)7-9-19/h6-9,17,24H,4-5,10-16H2,1-3H3. The van der Waals surface area contributed by atoms with Gasteiger partial charge in [-0.3, -0.25) is 4.90 Å². The molecule has 0 unspecified atom stereocenters. The molecule has 1 aromatic carbocycles. The number of hydrogen-bond acceptors (Lipinski definition) is 5. The lowest BCUT2D eigenvalue weighted by atomic mass is 10.1. The van der Waals surface area contributed by atoms with E-state index < -0.39 is 0 Å². The van der Waals surface area contributed by atoms with Gasteiger partial charge in [0.1, 0.15) is 5.76 Å². The summed E-state index contributed by atoms with van der Waals surface area (Å²) in [7, 11) is 0. The molecule has 0 atom stereocenters. The molecule has 0 radical (unpaired) electrons. The van der Waals surface area contributed by atoms with Gasteiger partial charge in [-0.1, -0.05) is 32.4 Å². The summed E-state index contributed by atoms with van der Waals surface area (Å²) in [6.45, 7) is 13.5. The van der Waals surface area contributed by atoms with Crippen LogP contribution in [0.2, 0.25) is 5.02 Å². The molecule has 1 aliphatic heterocycles. The average molecular weight is 405 g/mol. The Balaban J connectivity index is 1.38. The van der Waals surface area contributed by atoms with Gasteiger partial charge in [-0.2, -0.15) is 0 Å². The summed E-state index contributed by atoms with van der Waals surface area (Å²) < 4.78 is 5.98. The normalized spacial score (nSPS) is 15.5. The van der Waals surface area contributed by atoms with E-state index in [1.54, 1.807) is 0 Å². The number of aromatic nitrogens is 1. The van der Waals surface area contributed by atoms with Crippen molar-refractivity contribution in [3.8, 4) is 0 Å². The third kappa shape index (κ3) is 5.72. The van der Waals surface area contributed by atoms with Gasteiger partial charge >= 0.3 is 0 Å². The Morgan fingerprint density at radius 1 is 1.14 bits per heavy atom. The smallest absolute Gasteiger partial charge is 0.208 e. The van der Waals surface area contributed by atoms with Crippen LogP contribution >= 0.6 is 11.6 Å². The quantitative estimate of drug-likeness (QED) is 0.630. The largest absolute Gasteiger partial charge is 0.444 e. The van der Waals surface area contributed by atoms with Crippen LogP contribution in [0.1, 0.15) is 50.5 Å². The van der Waals surface area contributed by atoms with Crippen LogP contribution < -0.4 is 10.2 Å². The number of anilines is 1. The third-order valence-electron chi connectivity index (χ3n) is 5.24. The van der Waals surface area contributed by atoms with Crippen molar-refractivity contribution < 1.29 is 4.42 Å². The van der Waals surface area contributed by atoms with Gasteiger partial charge in [-0.15, -0.1) is 0 Å². The SMILES string of the molecule is CCCc1oc(CNCCN2CCN(c3ccc(Cl)cc3)CC2)nc1C(C)C. The van der Waals surface area contributed by atoms with Gasteiger partial charge in [-0.25, -0.2) is 4.98 Å². The molecule has 2 aromatic rings. The molecule has 0 saturated carbocycles. The topological polar surface area (TPSA) is 44.5 Å². The van der Waals surface area contributed by atoms with Crippen molar-refractivity contribution >= 4 is 17.3 Å². The summed E-state index contributed by atoms with van der Waals surface area (Å²) in [5.41, 5.74) is 2.38. The fourth-order valence-electron chi connectivity index (χ4n) is 3.66. The molecular formula is C22H33ClN4O. The van der Waals surface area contributed by atoms with Crippen molar-refractivity contribution in [3.63, 3.8) is 0 Å². The Labute approximate surface area is 174 Å². The van der Waals surface area contributed by atoms with Crippen LogP contribution in [0.15, 0.2) is 28.7 Å². The zero-order valence-corrected chi connectivity index (χ0v) is 18.1. The van der Waals surface area contributed by atoms with Crippen molar-refractivity contribution in [1.29, 1.82) is 0 Å². The summed E-state index contributed by atoms with van der Waals surface area (Å²) in [6.07, 6.45) is 2.06. The fraction of sp³-hybridized carbons (Fsp3) is 0.591. The number of oxazole rings is 1. The number of aryl methyl sites for hydroxylation is 1. The number of hydrogen-bond donors (Lipinski definition) is 1. The lowest BCUT2D eigenvalue weighted by Crippen LogP contribution is -2.48. The Kier molecular flexibility index (Phi) is 7.77. The summed E-state index contributed by atoms with van der Waals surface area (Å²) in [5.74, 6) is 2.29. The fourth-order valence-corrected chi connectivity index (χ4v) is 3.79. The second-order valence-electron chi connectivity index (χ2n) is 7.80. The molecule has 6 heteroatoms. The first-order chi connectivity index (χ1) is 13.6. The number of nitrogens with zero attached hydrogens (tertiary/aromatic N) is 3. The zero-order valence-electron chi connectivity index (χ0n) is 17.4. The Morgan fingerprint density at radius 2 is 1.86 bits per heavy atom. The number of halogens is 1. The van der Waals surface area contributed by atoms with Crippen LogP contribution in [0, 0.1) is 0 Å². The van der Waals surface area contributed by atoms with Gasteiger partial charge in [0, 0.05) is 56.4 Å². The minimum atomic E-state index is 0.413. The van der Waals surface area contributed by atoms with Gasteiger partial charge in [0.25, 0.3) is 0 Å².